The second-order valence-electron chi connectivity index (χ2n) is 5.39. The van der Waals surface area contributed by atoms with E-state index in [4.69, 9.17) is 5.73 Å². The predicted octanol–water partition coefficient (Wildman–Crippen LogP) is 4.44. The standard InChI is InChI=1S/C17H21N/c1-12(2)10-14-5-7-15(8-6-14)16-9-4-13(3)11-17(16)18/h4-9,11-12H,10,18H2,1-3H3. The molecule has 94 valence electrons. The fourth-order valence-electron chi connectivity index (χ4n) is 2.24. The lowest BCUT2D eigenvalue weighted by molar-refractivity contribution is 0.647. The van der Waals surface area contributed by atoms with E-state index in [-0.39, 0.29) is 0 Å². The number of nitrogens with two attached hydrogens (primary N) is 1. The van der Waals surface area contributed by atoms with Crippen LogP contribution in [-0.4, -0.2) is 0 Å². The summed E-state index contributed by atoms with van der Waals surface area (Å²) in [6.07, 6.45) is 1.13. The second kappa shape index (κ2) is 5.26. The van der Waals surface area contributed by atoms with Crippen LogP contribution in [0.1, 0.15) is 25.0 Å². The highest BCUT2D eigenvalue weighted by molar-refractivity contribution is 5.76. The zero-order chi connectivity index (χ0) is 13.1. The molecule has 0 heterocycles. The van der Waals surface area contributed by atoms with Crippen LogP contribution in [0.5, 0.6) is 0 Å². The molecule has 2 rings (SSSR count). The summed E-state index contributed by atoms with van der Waals surface area (Å²) in [4.78, 5) is 0. The monoisotopic (exact) mass is 239 g/mol. The average Bonchev–Trinajstić information content (AvgIpc) is 2.30. The Labute approximate surface area is 110 Å². The molecular weight excluding hydrogens is 218 g/mol. The minimum atomic E-state index is 0.695. The van der Waals surface area contributed by atoms with Crippen LogP contribution in [0.2, 0.25) is 0 Å². The van der Waals surface area contributed by atoms with Gasteiger partial charge < -0.3 is 5.73 Å². The van der Waals surface area contributed by atoms with Gasteiger partial charge in [-0.25, -0.2) is 0 Å². The number of hydrogen-bond donors (Lipinski definition) is 1. The first-order chi connectivity index (χ1) is 8.56. The SMILES string of the molecule is Cc1ccc(-c2ccc(CC(C)C)cc2)c(N)c1. The van der Waals surface area contributed by atoms with E-state index in [0.717, 1.165) is 17.7 Å². The van der Waals surface area contributed by atoms with Gasteiger partial charge in [0.25, 0.3) is 0 Å². The maximum Gasteiger partial charge on any atom is 0.0396 e. The summed E-state index contributed by atoms with van der Waals surface area (Å²) in [5.41, 5.74) is 11.8. The minimum absolute atomic E-state index is 0.695. The molecule has 0 saturated heterocycles. The van der Waals surface area contributed by atoms with E-state index in [1.54, 1.807) is 0 Å². The van der Waals surface area contributed by atoms with Crippen LogP contribution < -0.4 is 5.73 Å². The molecule has 1 heteroatoms. The number of rotatable bonds is 3. The van der Waals surface area contributed by atoms with Crippen molar-refractivity contribution >= 4 is 5.69 Å². The first kappa shape index (κ1) is 12.7. The molecule has 0 aliphatic carbocycles. The van der Waals surface area contributed by atoms with E-state index < -0.39 is 0 Å². The molecule has 0 unspecified atom stereocenters. The largest absolute Gasteiger partial charge is 0.398 e. The molecule has 0 aromatic heterocycles. The second-order valence-corrected chi connectivity index (χ2v) is 5.39. The van der Waals surface area contributed by atoms with Gasteiger partial charge in [0.15, 0.2) is 0 Å². The van der Waals surface area contributed by atoms with Crippen LogP contribution in [0.25, 0.3) is 11.1 Å². The molecule has 0 aliphatic rings. The van der Waals surface area contributed by atoms with Crippen LogP contribution >= 0.6 is 0 Å². The zero-order valence-electron chi connectivity index (χ0n) is 11.4. The van der Waals surface area contributed by atoms with E-state index in [2.05, 4.69) is 57.2 Å². The summed E-state index contributed by atoms with van der Waals surface area (Å²) in [5.74, 6) is 0.695. The molecule has 0 aliphatic heterocycles. The van der Waals surface area contributed by atoms with Crippen molar-refractivity contribution in [1.29, 1.82) is 0 Å². The molecule has 0 atom stereocenters. The average molecular weight is 239 g/mol. The third-order valence-corrected chi connectivity index (χ3v) is 3.12. The Morgan fingerprint density at radius 3 is 2.22 bits per heavy atom. The lowest BCUT2D eigenvalue weighted by atomic mass is 9.98. The van der Waals surface area contributed by atoms with Gasteiger partial charge in [-0.1, -0.05) is 50.2 Å². The maximum absolute atomic E-state index is 6.07. The van der Waals surface area contributed by atoms with E-state index in [9.17, 15) is 0 Å². The number of aryl methyl sites for hydroxylation is 1. The van der Waals surface area contributed by atoms with Crippen molar-refractivity contribution < 1.29 is 0 Å². The van der Waals surface area contributed by atoms with Crippen molar-refractivity contribution in [3.63, 3.8) is 0 Å². The van der Waals surface area contributed by atoms with Crippen molar-refractivity contribution in [2.45, 2.75) is 27.2 Å². The highest BCUT2D eigenvalue weighted by Crippen LogP contribution is 2.27. The van der Waals surface area contributed by atoms with Crippen LogP contribution in [0.15, 0.2) is 42.5 Å². The molecule has 0 spiro atoms. The summed E-state index contributed by atoms with van der Waals surface area (Å²) in [7, 11) is 0. The fourth-order valence-corrected chi connectivity index (χ4v) is 2.24. The van der Waals surface area contributed by atoms with E-state index >= 15 is 0 Å². The van der Waals surface area contributed by atoms with Gasteiger partial charge in [-0.2, -0.15) is 0 Å². The lowest BCUT2D eigenvalue weighted by Gasteiger charge is -2.09. The first-order valence-electron chi connectivity index (χ1n) is 6.51. The van der Waals surface area contributed by atoms with Gasteiger partial charge in [-0.05, 0) is 42.0 Å². The molecule has 2 aromatic carbocycles. The quantitative estimate of drug-likeness (QED) is 0.787. The topological polar surface area (TPSA) is 26.0 Å². The van der Waals surface area contributed by atoms with Gasteiger partial charge in [0, 0.05) is 11.3 Å². The van der Waals surface area contributed by atoms with E-state index in [0.29, 0.717) is 5.92 Å². The van der Waals surface area contributed by atoms with Crippen LogP contribution in [-0.2, 0) is 6.42 Å². The number of nitrogen functional groups attached to an aromatic ring is 1. The maximum atomic E-state index is 6.07. The summed E-state index contributed by atoms with van der Waals surface area (Å²) in [6, 6.07) is 15.0. The van der Waals surface area contributed by atoms with Crippen molar-refractivity contribution in [2.24, 2.45) is 5.92 Å². The third-order valence-electron chi connectivity index (χ3n) is 3.12. The number of hydrogen-bond acceptors (Lipinski definition) is 1. The highest BCUT2D eigenvalue weighted by Gasteiger charge is 2.03. The van der Waals surface area contributed by atoms with Gasteiger partial charge in [0.05, 0.1) is 0 Å². The molecule has 0 fully saturated rings. The van der Waals surface area contributed by atoms with Crippen LogP contribution in [0.4, 0.5) is 5.69 Å². The van der Waals surface area contributed by atoms with E-state index in [1.807, 2.05) is 6.07 Å². The smallest absolute Gasteiger partial charge is 0.0396 e. The Hall–Kier alpha value is -1.76. The number of benzene rings is 2. The van der Waals surface area contributed by atoms with Crippen molar-refractivity contribution in [1.82, 2.24) is 0 Å². The fraction of sp³-hybridized carbons (Fsp3) is 0.294. The molecule has 2 N–H and O–H groups in total. The molecular formula is C17H21N. The number of anilines is 1. The third kappa shape index (κ3) is 2.92. The lowest BCUT2D eigenvalue weighted by Crippen LogP contribution is -1.94. The molecule has 0 radical (unpaired) electrons. The zero-order valence-corrected chi connectivity index (χ0v) is 11.4. The molecule has 2 aromatic rings. The molecule has 1 nitrogen and oxygen atoms in total. The van der Waals surface area contributed by atoms with Gasteiger partial charge in [-0.15, -0.1) is 0 Å². The van der Waals surface area contributed by atoms with Crippen molar-refractivity contribution in [3.8, 4) is 11.1 Å². The summed E-state index contributed by atoms with van der Waals surface area (Å²) in [6.45, 7) is 6.55. The Balaban J connectivity index is 2.28. The van der Waals surface area contributed by atoms with Crippen LogP contribution in [0, 0.1) is 12.8 Å². The van der Waals surface area contributed by atoms with Gasteiger partial charge in [0.2, 0.25) is 0 Å². The van der Waals surface area contributed by atoms with Gasteiger partial charge >= 0.3 is 0 Å². The summed E-state index contributed by atoms with van der Waals surface area (Å²) >= 11 is 0. The van der Waals surface area contributed by atoms with Crippen molar-refractivity contribution in [2.75, 3.05) is 5.73 Å². The molecule has 0 amide bonds. The van der Waals surface area contributed by atoms with E-state index in [1.165, 1.54) is 16.7 Å². The molecule has 0 saturated carbocycles. The molecule has 18 heavy (non-hydrogen) atoms. The Bertz CT molecular complexity index is 524. The molecule has 0 bridgehead atoms. The highest BCUT2D eigenvalue weighted by atomic mass is 14.6. The Kier molecular flexibility index (Phi) is 3.71. The minimum Gasteiger partial charge on any atom is -0.398 e. The van der Waals surface area contributed by atoms with Gasteiger partial charge in [0.1, 0.15) is 0 Å². The van der Waals surface area contributed by atoms with Crippen molar-refractivity contribution in [3.05, 3.63) is 53.6 Å². The Morgan fingerprint density at radius 1 is 1.00 bits per heavy atom. The Morgan fingerprint density at radius 2 is 1.67 bits per heavy atom. The summed E-state index contributed by atoms with van der Waals surface area (Å²) < 4.78 is 0. The van der Waals surface area contributed by atoms with Gasteiger partial charge in [-0.3, -0.25) is 0 Å². The first-order valence-corrected chi connectivity index (χ1v) is 6.51. The summed E-state index contributed by atoms with van der Waals surface area (Å²) in [5, 5.41) is 0. The van der Waals surface area contributed by atoms with Crippen LogP contribution in [0.3, 0.4) is 0 Å². The predicted molar refractivity (Wildman–Crippen MR) is 79.6 cm³/mol. The normalized spacial score (nSPS) is 10.9.